The first-order valence-electron chi connectivity index (χ1n) is 6.25. The molecule has 2 rings (SSSR count). The summed E-state index contributed by atoms with van der Waals surface area (Å²) >= 11 is 0. The van der Waals surface area contributed by atoms with Gasteiger partial charge < -0.3 is 0 Å². The van der Waals surface area contributed by atoms with Crippen molar-refractivity contribution in [2.24, 2.45) is 5.92 Å². The van der Waals surface area contributed by atoms with Crippen LogP contribution in [-0.4, -0.2) is 14.5 Å². The van der Waals surface area contributed by atoms with Gasteiger partial charge >= 0.3 is 0 Å². The first-order chi connectivity index (χ1) is 8.54. The Kier molecular flexibility index (Phi) is 3.88. The first-order valence-corrected chi connectivity index (χ1v) is 7.73. The number of nitrogens with one attached hydrogen (secondary N) is 1. The Morgan fingerprint density at radius 1 is 1.33 bits per heavy atom. The minimum atomic E-state index is -3.41. The largest absolute Gasteiger partial charge is 0.241 e. The Bertz CT molecular complexity index is 530. The zero-order chi connectivity index (χ0) is 13.2. The Morgan fingerprint density at radius 3 is 2.44 bits per heavy atom. The average molecular weight is 265 g/mol. The molecule has 0 bridgehead atoms. The van der Waals surface area contributed by atoms with Crippen molar-refractivity contribution in [3.05, 3.63) is 42.0 Å². The second-order valence-corrected chi connectivity index (χ2v) is 6.50. The van der Waals surface area contributed by atoms with Crippen molar-refractivity contribution in [2.45, 2.75) is 37.6 Å². The van der Waals surface area contributed by atoms with E-state index in [0.717, 1.165) is 18.4 Å². The summed E-state index contributed by atoms with van der Waals surface area (Å²) in [4.78, 5) is 0.333. The number of benzene rings is 1. The first kappa shape index (κ1) is 13.3. The van der Waals surface area contributed by atoms with Crippen molar-refractivity contribution < 1.29 is 8.42 Å². The molecule has 1 saturated carbocycles. The van der Waals surface area contributed by atoms with Gasteiger partial charge in [-0.2, -0.15) is 0 Å². The Balaban J connectivity index is 2.21. The normalized spacial score (nSPS) is 18.7. The van der Waals surface area contributed by atoms with Crippen molar-refractivity contribution >= 4 is 10.0 Å². The Morgan fingerprint density at radius 2 is 1.94 bits per heavy atom. The highest BCUT2D eigenvalue weighted by Gasteiger charge is 2.34. The van der Waals surface area contributed by atoms with Crippen LogP contribution in [0.4, 0.5) is 0 Å². The minimum absolute atomic E-state index is 0.0554. The maximum absolute atomic E-state index is 12.3. The van der Waals surface area contributed by atoms with E-state index < -0.39 is 10.0 Å². The maximum atomic E-state index is 12.3. The lowest BCUT2D eigenvalue weighted by Gasteiger charge is -2.19. The van der Waals surface area contributed by atoms with E-state index in [2.05, 4.69) is 4.72 Å². The summed E-state index contributed by atoms with van der Waals surface area (Å²) in [6.45, 7) is 3.93. The smallest absolute Gasteiger partial charge is 0.207 e. The third-order valence-electron chi connectivity index (χ3n) is 3.37. The number of rotatable bonds is 5. The molecule has 3 nitrogen and oxygen atoms in total. The molecule has 1 aromatic rings. The standard InChI is InChI=1S/C14H19NO2S/c1-3-11(2)14(12-9-10-12)15-18(16,17)13-7-5-4-6-8-13/h3-8,12,14-15H,9-10H2,1-2H3/b11-3+. The fourth-order valence-corrected chi connectivity index (χ4v) is 3.37. The van der Waals surface area contributed by atoms with Crippen LogP contribution < -0.4 is 4.72 Å². The van der Waals surface area contributed by atoms with E-state index in [1.807, 2.05) is 26.0 Å². The molecule has 1 aliphatic carbocycles. The lowest BCUT2D eigenvalue weighted by Crippen LogP contribution is -2.37. The van der Waals surface area contributed by atoms with Crippen LogP contribution in [0.15, 0.2) is 46.9 Å². The molecule has 0 spiro atoms. The van der Waals surface area contributed by atoms with Crippen LogP contribution in [-0.2, 0) is 10.0 Å². The van der Waals surface area contributed by atoms with E-state index in [-0.39, 0.29) is 6.04 Å². The zero-order valence-electron chi connectivity index (χ0n) is 10.8. The highest BCUT2D eigenvalue weighted by atomic mass is 32.2. The van der Waals surface area contributed by atoms with Crippen LogP contribution in [0, 0.1) is 5.92 Å². The van der Waals surface area contributed by atoms with Crippen molar-refractivity contribution in [3.8, 4) is 0 Å². The van der Waals surface area contributed by atoms with Crippen LogP contribution in [0.5, 0.6) is 0 Å². The lowest BCUT2D eigenvalue weighted by atomic mass is 10.1. The second-order valence-electron chi connectivity index (χ2n) is 4.78. The van der Waals surface area contributed by atoms with Crippen LogP contribution >= 0.6 is 0 Å². The van der Waals surface area contributed by atoms with E-state index in [1.54, 1.807) is 24.3 Å². The Labute approximate surface area is 109 Å². The predicted molar refractivity (Wildman–Crippen MR) is 72.7 cm³/mol. The molecule has 4 heteroatoms. The highest BCUT2D eigenvalue weighted by molar-refractivity contribution is 7.89. The van der Waals surface area contributed by atoms with Crippen LogP contribution in [0.2, 0.25) is 0 Å². The van der Waals surface area contributed by atoms with Crippen LogP contribution in [0.3, 0.4) is 0 Å². The molecule has 18 heavy (non-hydrogen) atoms. The Hall–Kier alpha value is -1.13. The lowest BCUT2D eigenvalue weighted by molar-refractivity contribution is 0.547. The molecule has 0 amide bonds. The van der Waals surface area contributed by atoms with Gasteiger partial charge in [-0.25, -0.2) is 13.1 Å². The summed E-state index contributed by atoms with van der Waals surface area (Å²) in [6, 6.07) is 8.48. The molecule has 1 fully saturated rings. The van der Waals surface area contributed by atoms with Gasteiger partial charge in [0, 0.05) is 6.04 Å². The highest BCUT2D eigenvalue weighted by Crippen LogP contribution is 2.36. The van der Waals surface area contributed by atoms with E-state index in [0.29, 0.717) is 10.8 Å². The SMILES string of the molecule is C/C=C(\C)C(NS(=O)(=O)c1ccccc1)C1CC1. The molecule has 0 aromatic heterocycles. The summed E-state index contributed by atoms with van der Waals surface area (Å²) in [5.41, 5.74) is 1.09. The average Bonchev–Trinajstić information content (AvgIpc) is 3.20. The summed E-state index contributed by atoms with van der Waals surface area (Å²) in [5, 5.41) is 0. The molecule has 1 aliphatic rings. The fraction of sp³-hybridized carbons (Fsp3) is 0.429. The van der Waals surface area contributed by atoms with Gasteiger partial charge in [0.1, 0.15) is 0 Å². The van der Waals surface area contributed by atoms with Crippen LogP contribution in [0.25, 0.3) is 0 Å². The minimum Gasteiger partial charge on any atom is -0.207 e. The van der Waals surface area contributed by atoms with Gasteiger partial charge in [0.15, 0.2) is 0 Å². The third-order valence-corrected chi connectivity index (χ3v) is 4.83. The molecule has 0 aliphatic heterocycles. The zero-order valence-corrected chi connectivity index (χ0v) is 11.6. The quantitative estimate of drug-likeness (QED) is 0.832. The monoisotopic (exact) mass is 265 g/mol. The summed E-state index contributed by atoms with van der Waals surface area (Å²) in [7, 11) is -3.41. The molecule has 0 radical (unpaired) electrons. The number of allylic oxidation sites excluding steroid dienone is 1. The van der Waals surface area contributed by atoms with E-state index >= 15 is 0 Å². The predicted octanol–water partition coefficient (Wildman–Crippen LogP) is 2.71. The van der Waals surface area contributed by atoms with Gasteiger partial charge in [-0.1, -0.05) is 29.8 Å². The van der Waals surface area contributed by atoms with Gasteiger partial charge in [-0.15, -0.1) is 0 Å². The van der Waals surface area contributed by atoms with Crippen molar-refractivity contribution in [2.75, 3.05) is 0 Å². The molecule has 1 atom stereocenters. The molecule has 0 saturated heterocycles. The summed E-state index contributed by atoms with van der Waals surface area (Å²) < 4.78 is 27.3. The third kappa shape index (κ3) is 3.00. The number of sulfonamides is 1. The second kappa shape index (κ2) is 5.24. The fourth-order valence-electron chi connectivity index (χ4n) is 2.00. The van der Waals surface area contributed by atoms with Crippen molar-refractivity contribution in [3.63, 3.8) is 0 Å². The molecule has 0 heterocycles. The van der Waals surface area contributed by atoms with Crippen molar-refractivity contribution in [1.29, 1.82) is 0 Å². The molecular weight excluding hydrogens is 246 g/mol. The topological polar surface area (TPSA) is 46.2 Å². The van der Waals surface area contributed by atoms with Gasteiger partial charge in [0.05, 0.1) is 4.90 Å². The van der Waals surface area contributed by atoms with Crippen LogP contribution in [0.1, 0.15) is 26.7 Å². The van der Waals surface area contributed by atoms with E-state index in [1.165, 1.54) is 0 Å². The van der Waals surface area contributed by atoms with Gasteiger partial charge in [-0.05, 0) is 44.7 Å². The summed E-state index contributed by atoms with van der Waals surface area (Å²) in [6.07, 6.45) is 4.19. The van der Waals surface area contributed by atoms with Gasteiger partial charge in [0.2, 0.25) is 10.0 Å². The maximum Gasteiger partial charge on any atom is 0.241 e. The van der Waals surface area contributed by atoms with Gasteiger partial charge in [-0.3, -0.25) is 0 Å². The van der Waals surface area contributed by atoms with E-state index in [4.69, 9.17) is 0 Å². The molecule has 1 unspecified atom stereocenters. The van der Waals surface area contributed by atoms with E-state index in [9.17, 15) is 8.42 Å². The molecule has 1 N–H and O–H groups in total. The van der Waals surface area contributed by atoms with Gasteiger partial charge in [0.25, 0.3) is 0 Å². The molecular formula is C14H19NO2S. The summed E-state index contributed by atoms with van der Waals surface area (Å²) in [5.74, 6) is 0.458. The number of hydrogen-bond donors (Lipinski definition) is 1. The molecule has 98 valence electrons. The number of hydrogen-bond acceptors (Lipinski definition) is 2. The molecule has 1 aromatic carbocycles. The van der Waals surface area contributed by atoms with Crippen molar-refractivity contribution in [1.82, 2.24) is 4.72 Å².